The minimum Gasteiger partial charge on any atom is -0.306 e. The van der Waals surface area contributed by atoms with Gasteiger partial charge in [-0.15, -0.1) is 0 Å². The molecule has 0 N–H and O–H groups in total. The molecule has 0 fully saturated rings. The molecule has 3 nitrogen and oxygen atoms in total. The van der Waals surface area contributed by atoms with E-state index in [-0.39, 0.29) is 18.4 Å². The second-order valence-electron chi connectivity index (χ2n) is 6.21. The van der Waals surface area contributed by atoms with E-state index in [1.165, 1.54) is 0 Å². The van der Waals surface area contributed by atoms with Crippen LogP contribution in [-0.4, -0.2) is 18.4 Å². The Morgan fingerprint density at radius 2 is 1.57 bits per heavy atom. The average Bonchev–Trinajstić information content (AvgIpc) is 2.44. The van der Waals surface area contributed by atoms with Gasteiger partial charge >= 0.3 is 7.60 Å². The topological polar surface area (TPSA) is 35.5 Å². The molecule has 0 unspecified atom stereocenters. The number of fused-ring (bicyclic) bond motifs is 1. The summed E-state index contributed by atoms with van der Waals surface area (Å²) in [6, 6.07) is 14.1. The van der Waals surface area contributed by atoms with Gasteiger partial charge in [0.2, 0.25) is 0 Å². The van der Waals surface area contributed by atoms with Crippen molar-refractivity contribution in [1.82, 2.24) is 0 Å². The monoisotopic (exact) mass is 332 g/mol. The molecule has 0 aliphatic carbocycles. The maximum atomic E-state index is 13.0. The molecule has 124 valence electrons. The Labute approximate surface area is 138 Å². The third-order valence-corrected chi connectivity index (χ3v) is 5.55. The Hall–Kier alpha value is -1.41. The third-order valence-electron chi connectivity index (χ3n) is 3.30. The summed E-state index contributed by atoms with van der Waals surface area (Å²) in [7, 11) is -3.23. The minimum absolute atomic E-state index is 0.167. The Bertz CT molecular complexity index is 715. The van der Waals surface area contributed by atoms with Crippen molar-refractivity contribution in [2.75, 3.05) is 6.16 Å². The van der Waals surface area contributed by atoms with Gasteiger partial charge in [0.15, 0.2) is 0 Å². The molecule has 0 aliphatic rings. The first-order valence-corrected chi connectivity index (χ1v) is 9.65. The van der Waals surface area contributed by atoms with Crippen LogP contribution in [0.15, 0.2) is 49.0 Å². The molecule has 0 aliphatic heterocycles. The molecule has 0 spiro atoms. The van der Waals surface area contributed by atoms with Crippen LogP contribution in [0.25, 0.3) is 16.3 Å². The van der Waals surface area contributed by atoms with Crippen molar-refractivity contribution in [2.24, 2.45) is 0 Å². The highest BCUT2D eigenvalue weighted by atomic mass is 31.2. The van der Waals surface area contributed by atoms with E-state index in [9.17, 15) is 4.57 Å². The molecular weight excluding hydrogens is 307 g/mol. The third kappa shape index (κ3) is 4.78. The first-order valence-electron chi connectivity index (χ1n) is 7.92. The van der Waals surface area contributed by atoms with E-state index >= 15 is 0 Å². The summed E-state index contributed by atoms with van der Waals surface area (Å²) < 4.78 is 24.3. The molecule has 0 aromatic heterocycles. The molecule has 2 rings (SSSR count). The zero-order chi connectivity index (χ0) is 17.0. The largest absolute Gasteiger partial charge is 0.335 e. The van der Waals surface area contributed by atoms with Crippen molar-refractivity contribution in [3.63, 3.8) is 0 Å². The number of allylic oxidation sites excluding steroid dienone is 1. The molecule has 2 aromatic carbocycles. The van der Waals surface area contributed by atoms with Crippen LogP contribution in [0.1, 0.15) is 33.3 Å². The predicted octanol–water partition coefficient (Wildman–Crippen LogP) is 5.90. The van der Waals surface area contributed by atoms with Crippen molar-refractivity contribution >= 4 is 23.9 Å². The summed E-state index contributed by atoms with van der Waals surface area (Å²) in [5.74, 6) is 0. The fourth-order valence-electron chi connectivity index (χ4n) is 2.59. The Morgan fingerprint density at radius 3 is 2.17 bits per heavy atom. The van der Waals surface area contributed by atoms with Crippen LogP contribution in [0.3, 0.4) is 0 Å². The summed E-state index contributed by atoms with van der Waals surface area (Å²) in [4.78, 5) is 0. The van der Waals surface area contributed by atoms with E-state index in [0.717, 1.165) is 21.9 Å². The van der Waals surface area contributed by atoms with Gasteiger partial charge < -0.3 is 9.05 Å². The quantitative estimate of drug-likeness (QED) is 0.592. The first kappa shape index (κ1) is 17.9. The van der Waals surface area contributed by atoms with Gasteiger partial charge in [0.05, 0.1) is 18.4 Å². The van der Waals surface area contributed by atoms with Crippen LogP contribution < -0.4 is 0 Å². The zero-order valence-corrected chi connectivity index (χ0v) is 15.2. The number of rotatable bonds is 7. The van der Waals surface area contributed by atoms with E-state index in [0.29, 0.717) is 0 Å². The second kappa shape index (κ2) is 7.44. The minimum atomic E-state index is -3.23. The Kier molecular flexibility index (Phi) is 5.80. The molecule has 4 heteroatoms. The number of hydrogen-bond donors (Lipinski definition) is 0. The normalized spacial score (nSPS) is 12.3. The molecule has 23 heavy (non-hydrogen) atoms. The maximum Gasteiger partial charge on any atom is 0.335 e. The van der Waals surface area contributed by atoms with Crippen molar-refractivity contribution in [2.45, 2.75) is 39.9 Å². The van der Waals surface area contributed by atoms with Crippen molar-refractivity contribution in [3.8, 4) is 0 Å². The Morgan fingerprint density at radius 1 is 1.00 bits per heavy atom. The van der Waals surface area contributed by atoms with Gasteiger partial charge in [0.1, 0.15) is 0 Å². The molecule has 2 aromatic rings. The smallest absolute Gasteiger partial charge is 0.306 e. The summed E-state index contributed by atoms with van der Waals surface area (Å²) in [5, 5.41) is 2.23. The lowest BCUT2D eigenvalue weighted by atomic mass is 10.0. The summed E-state index contributed by atoms with van der Waals surface area (Å²) >= 11 is 0. The van der Waals surface area contributed by atoms with Gasteiger partial charge in [-0.25, -0.2) is 0 Å². The Balaban J connectivity index is 2.32. The van der Waals surface area contributed by atoms with Crippen LogP contribution in [0.2, 0.25) is 0 Å². The molecule has 0 amide bonds. The zero-order valence-electron chi connectivity index (χ0n) is 14.3. The lowest BCUT2D eigenvalue weighted by molar-refractivity contribution is 0.144. The average molecular weight is 332 g/mol. The highest BCUT2D eigenvalue weighted by Gasteiger charge is 2.29. The fraction of sp³-hybridized carbons (Fsp3) is 0.368. The first-order chi connectivity index (χ1) is 10.8. The van der Waals surface area contributed by atoms with Gasteiger partial charge in [-0.05, 0) is 49.6 Å². The number of hydrogen-bond acceptors (Lipinski definition) is 3. The summed E-state index contributed by atoms with van der Waals surface area (Å²) in [6.45, 7) is 11.6. The molecule has 0 atom stereocenters. The van der Waals surface area contributed by atoms with Gasteiger partial charge in [-0.3, -0.25) is 4.57 Å². The van der Waals surface area contributed by atoms with Gasteiger partial charge in [0, 0.05) is 0 Å². The highest BCUT2D eigenvalue weighted by Crippen LogP contribution is 2.53. The maximum absolute atomic E-state index is 13.0. The van der Waals surface area contributed by atoms with Gasteiger partial charge in [-0.1, -0.05) is 49.0 Å². The summed E-state index contributed by atoms with van der Waals surface area (Å²) in [5.41, 5.74) is 1.76. The second-order valence-corrected chi connectivity index (χ2v) is 8.17. The summed E-state index contributed by atoms with van der Waals surface area (Å²) in [6.07, 6.45) is -0.142. The van der Waals surface area contributed by atoms with Gasteiger partial charge in [0.25, 0.3) is 0 Å². The number of benzene rings is 2. The van der Waals surface area contributed by atoms with Crippen molar-refractivity contribution in [1.29, 1.82) is 0 Å². The van der Waals surface area contributed by atoms with E-state index in [1.54, 1.807) is 0 Å². The van der Waals surface area contributed by atoms with Crippen LogP contribution in [0, 0.1) is 0 Å². The van der Waals surface area contributed by atoms with E-state index < -0.39 is 7.60 Å². The molecule has 0 bridgehead atoms. The van der Waals surface area contributed by atoms with Crippen molar-refractivity contribution < 1.29 is 13.6 Å². The van der Waals surface area contributed by atoms with Crippen LogP contribution in [-0.2, 0) is 13.6 Å². The van der Waals surface area contributed by atoms with E-state index in [4.69, 9.17) is 9.05 Å². The lowest BCUT2D eigenvalue weighted by Gasteiger charge is -2.24. The van der Waals surface area contributed by atoms with Crippen LogP contribution in [0.4, 0.5) is 0 Å². The van der Waals surface area contributed by atoms with Crippen LogP contribution in [0.5, 0.6) is 0 Å². The molecule has 0 radical (unpaired) electrons. The highest BCUT2D eigenvalue weighted by molar-refractivity contribution is 7.54. The predicted molar refractivity (Wildman–Crippen MR) is 97.9 cm³/mol. The molecular formula is C19H25O3P. The van der Waals surface area contributed by atoms with Crippen LogP contribution >= 0.6 is 7.60 Å². The van der Waals surface area contributed by atoms with Crippen molar-refractivity contribution in [3.05, 3.63) is 54.6 Å². The van der Waals surface area contributed by atoms with Gasteiger partial charge in [-0.2, -0.15) is 0 Å². The SMILES string of the molecule is C=C(CP(=O)(OC(C)C)OC(C)C)c1cccc2ccccc12. The van der Waals surface area contributed by atoms with E-state index in [2.05, 4.69) is 18.7 Å². The molecule has 0 saturated carbocycles. The standard InChI is InChI=1S/C19H25O3P/c1-14(2)21-23(20,22-15(3)4)13-16(5)18-12-8-10-17-9-6-7-11-19(17)18/h6-12,14-15H,5,13H2,1-4H3. The lowest BCUT2D eigenvalue weighted by Crippen LogP contribution is -2.11. The fourth-order valence-corrected chi connectivity index (χ4v) is 4.72. The molecule has 0 heterocycles. The molecule has 0 saturated heterocycles. The van der Waals surface area contributed by atoms with E-state index in [1.807, 2.05) is 58.0 Å².